The van der Waals surface area contributed by atoms with Gasteiger partial charge in [-0.3, -0.25) is 10.2 Å². The number of hydrogen-bond acceptors (Lipinski definition) is 6. The van der Waals surface area contributed by atoms with Crippen LogP contribution in [-0.4, -0.2) is 21.8 Å². The molecule has 2 aromatic rings. The second kappa shape index (κ2) is 4.34. The van der Waals surface area contributed by atoms with Gasteiger partial charge in [-0.2, -0.15) is 0 Å². The van der Waals surface area contributed by atoms with Crippen molar-refractivity contribution in [1.29, 1.82) is 0 Å². The molecule has 17 heavy (non-hydrogen) atoms. The highest BCUT2D eigenvalue weighted by Gasteiger charge is 2.16. The summed E-state index contributed by atoms with van der Waals surface area (Å²) < 4.78 is 1.11. The van der Waals surface area contributed by atoms with E-state index < -0.39 is 0 Å². The molecule has 2 N–H and O–H groups in total. The van der Waals surface area contributed by atoms with Gasteiger partial charge in [-0.05, 0) is 12.1 Å². The van der Waals surface area contributed by atoms with Gasteiger partial charge < -0.3 is 5.32 Å². The number of nitrogens with zero attached hydrogens (tertiary/aromatic N) is 2. The Hall–Kier alpha value is -1.60. The van der Waals surface area contributed by atoms with E-state index in [2.05, 4.69) is 20.8 Å². The molecule has 1 aromatic heterocycles. The van der Waals surface area contributed by atoms with E-state index in [-0.39, 0.29) is 5.91 Å². The molecule has 1 aliphatic rings. The summed E-state index contributed by atoms with van der Waals surface area (Å²) in [5, 5.41) is 8.05. The number of amidine groups is 1. The topological polar surface area (TPSA) is 66.4 Å². The number of rotatable bonds is 2. The van der Waals surface area contributed by atoms with Gasteiger partial charge in [-0.15, -0.1) is 5.10 Å². The first-order chi connectivity index (χ1) is 8.31. The number of thioether (sulfide) groups is 1. The van der Waals surface area contributed by atoms with E-state index in [0.29, 0.717) is 10.9 Å². The maximum atomic E-state index is 11.0. The third-order valence-electron chi connectivity index (χ3n) is 2.13. The summed E-state index contributed by atoms with van der Waals surface area (Å²) in [5.74, 6) is 0.417. The fraction of sp³-hybridized carbons (Fsp3) is 0.100. The average Bonchev–Trinajstić information content (AvgIpc) is 2.91. The van der Waals surface area contributed by atoms with Crippen LogP contribution in [0.25, 0.3) is 10.2 Å². The van der Waals surface area contributed by atoms with Crippen LogP contribution in [0.5, 0.6) is 0 Å². The summed E-state index contributed by atoms with van der Waals surface area (Å²) in [7, 11) is 0. The predicted octanol–water partition coefficient (Wildman–Crippen LogP) is 1.84. The molecule has 0 aliphatic carbocycles. The van der Waals surface area contributed by atoms with Crippen LogP contribution in [0.4, 0.5) is 5.13 Å². The van der Waals surface area contributed by atoms with Crippen molar-refractivity contribution >= 4 is 49.5 Å². The van der Waals surface area contributed by atoms with Gasteiger partial charge in [-0.25, -0.2) is 4.98 Å². The number of para-hydroxylation sites is 1. The lowest BCUT2D eigenvalue weighted by Crippen LogP contribution is -2.20. The lowest BCUT2D eigenvalue weighted by atomic mass is 10.3. The largest absolute Gasteiger partial charge is 0.303 e. The third kappa shape index (κ3) is 2.25. The Balaban J connectivity index is 1.79. The molecule has 3 rings (SSSR count). The molecule has 0 spiro atoms. The standard InChI is InChI=1S/C10H8N4OS2/c15-8-5-16-9(12-8)13-14-10-11-6-3-1-2-4-7(6)17-10/h1-4H,5H2,(H,11,14)(H,12,13,15). The normalized spacial score (nSPS) is 17.6. The first-order valence-corrected chi connectivity index (χ1v) is 6.73. The maximum Gasteiger partial charge on any atom is 0.236 e. The van der Waals surface area contributed by atoms with Crippen LogP contribution in [0.15, 0.2) is 29.4 Å². The van der Waals surface area contributed by atoms with Crippen molar-refractivity contribution in [3.63, 3.8) is 0 Å². The Morgan fingerprint density at radius 1 is 1.41 bits per heavy atom. The van der Waals surface area contributed by atoms with Gasteiger partial charge in [0.2, 0.25) is 11.0 Å². The van der Waals surface area contributed by atoms with Crippen molar-refractivity contribution in [2.24, 2.45) is 5.10 Å². The van der Waals surface area contributed by atoms with Gasteiger partial charge in [0.1, 0.15) is 0 Å². The Morgan fingerprint density at radius 2 is 2.29 bits per heavy atom. The number of hydrazone groups is 1. The van der Waals surface area contributed by atoms with Crippen molar-refractivity contribution in [3.05, 3.63) is 24.3 Å². The zero-order valence-corrected chi connectivity index (χ0v) is 10.3. The molecule has 1 saturated heterocycles. The second-order valence-electron chi connectivity index (χ2n) is 3.35. The number of aromatic nitrogens is 1. The second-order valence-corrected chi connectivity index (χ2v) is 5.35. The zero-order valence-electron chi connectivity index (χ0n) is 8.64. The smallest absolute Gasteiger partial charge is 0.236 e. The zero-order chi connectivity index (χ0) is 11.7. The van der Waals surface area contributed by atoms with E-state index >= 15 is 0 Å². The van der Waals surface area contributed by atoms with E-state index in [4.69, 9.17) is 0 Å². The minimum atomic E-state index is -0.0140. The molecule has 0 unspecified atom stereocenters. The number of anilines is 1. The molecule has 0 bridgehead atoms. The monoisotopic (exact) mass is 264 g/mol. The minimum Gasteiger partial charge on any atom is -0.303 e. The number of carbonyl (C=O) groups excluding carboxylic acids is 1. The van der Waals surface area contributed by atoms with Crippen LogP contribution in [0.3, 0.4) is 0 Å². The van der Waals surface area contributed by atoms with E-state index in [1.807, 2.05) is 24.3 Å². The summed E-state index contributed by atoms with van der Waals surface area (Å²) in [6.45, 7) is 0. The van der Waals surface area contributed by atoms with Crippen LogP contribution >= 0.6 is 23.1 Å². The highest BCUT2D eigenvalue weighted by Crippen LogP contribution is 2.25. The van der Waals surface area contributed by atoms with E-state index in [1.54, 1.807) is 0 Å². The first kappa shape index (κ1) is 10.5. The fourth-order valence-electron chi connectivity index (χ4n) is 1.40. The van der Waals surface area contributed by atoms with Crippen molar-refractivity contribution < 1.29 is 4.79 Å². The highest BCUT2D eigenvalue weighted by molar-refractivity contribution is 8.15. The fourth-order valence-corrected chi connectivity index (χ4v) is 2.85. The van der Waals surface area contributed by atoms with Gasteiger partial charge in [0, 0.05) is 0 Å². The Morgan fingerprint density at radius 3 is 3.06 bits per heavy atom. The van der Waals surface area contributed by atoms with Crippen molar-refractivity contribution in [3.8, 4) is 0 Å². The summed E-state index contributed by atoms with van der Waals surface area (Å²) in [6, 6.07) is 7.89. The van der Waals surface area contributed by atoms with Gasteiger partial charge in [-0.1, -0.05) is 35.2 Å². The molecule has 1 fully saturated rings. The summed E-state index contributed by atoms with van der Waals surface area (Å²) in [6.07, 6.45) is 0. The molecule has 0 radical (unpaired) electrons. The van der Waals surface area contributed by atoms with Crippen molar-refractivity contribution in [2.75, 3.05) is 11.2 Å². The molecule has 5 nitrogen and oxygen atoms in total. The molecular formula is C10H8N4OS2. The van der Waals surface area contributed by atoms with E-state index in [0.717, 1.165) is 15.3 Å². The molecule has 2 heterocycles. The Bertz CT molecular complexity index is 574. The number of carbonyl (C=O) groups is 1. The summed E-state index contributed by atoms with van der Waals surface area (Å²) in [4.78, 5) is 15.3. The van der Waals surface area contributed by atoms with Crippen molar-refractivity contribution in [1.82, 2.24) is 10.3 Å². The molecule has 0 saturated carbocycles. The molecular weight excluding hydrogens is 256 g/mol. The quantitative estimate of drug-likeness (QED) is 0.812. The summed E-state index contributed by atoms with van der Waals surface area (Å²) in [5.41, 5.74) is 3.80. The number of hydrogen-bond donors (Lipinski definition) is 2. The molecule has 7 heteroatoms. The number of thiazole rings is 1. The molecule has 1 aromatic carbocycles. The number of benzene rings is 1. The van der Waals surface area contributed by atoms with Crippen LogP contribution < -0.4 is 10.7 Å². The molecule has 86 valence electrons. The lowest BCUT2D eigenvalue weighted by Gasteiger charge is -1.95. The van der Waals surface area contributed by atoms with Crippen LogP contribution in [-0.2, 0) is 4.79 Å². The maximum absolute atomic E-state index is 11.0. The molecule has 1 aliphatic heterocycles. The minimum absolute atomic E-state index is 0.0140. The summed E-state index contributed by atoms with van der Waals surface area (Å²) >= 11 is 2.91. The van der Waals surface area contributed by atoms with Gasteiger partial charge >= 0.3 is 0 Å². The predicted molar refractivity (Wildman–Crippen MR) is 71.3 cm³/mol. The average molecular weight is 264 g/mol. The first-order valence-electron chi connectivity index (χ1n) is 4.93. The van der Waals surface area contributed by atoms with Crippen LogP contribution in [0.2, 0.25) is 0 Å². The van der Waals surface area contributed by atoms with E-state index in [9.17, 15) is 4.79 Å². The van der Waals surface area contributed by atoms with Crippen LogP contribution in [0.1, 0.15) is 0 Å². The SMILES string of the molecule is O=C1CSC(=NNc2nc3ccccc3s2)N1. The molecule has 0 atom stereocenters. The van der Waals surface area contributed by atoms with Gasteiger partial charge in [0.05, 0.1) is 16.0 Å². The lowest BCUT2D eigenvalue weighted by molar-refractivity contribution is -0.116. The molecule has 1 amide bonds. The Labute approximate surface area is 105 Å². The van der Waals surface area contributed by atoms with Crippen molar-refractivity contribution in [2.45, 2.75) is 0 Å². The third-order valence-corrected chi connectivity index (χ3v) is 3.95. The van der Waals surface area contributed by atoms with Gasteiger partial charge in [0.15, 0.2) is 5.17 Å². The van der Waals surface area contributed by atoms with Crippen LogP contribution in [0, 0.1) is 0 Å². The number of amides is 1. The number of nitrogens with one attached hydrogen (secondary N) is 2. The number of fused-ring (bicyclic) bond motifs is 1. The van der Waals surface area contributed by atoms with Gasteiger partial charge in [0.25, 0.3) is 0 Å². The van der Waals surface area contributed by atoms with E-state index in [1.165, 1.54) is 23.1 Å². The highest BCUT2D eigenvalue weighted by atomic mass is 32.2. The Kier molecular flexibility index (Phi) is 2.69.